The molecule has 1 aromatic carbocycles. The highest BCUT2D eigenvalue weighted by molar-refractivity contribution is 5.98. The zero-order valence-electron chi connectivity index (χ0n) is 11.4. The molecule has 0 aliphatic heterocycles. The van der Waals surface area contributed by atoms with Crippen LogP contribution in [0.5, 0.6) is 0 Å². The Kier molecular flexibility index (Phi) is 3.41. The topological polar surface area (TPSA) is 75.2 Å². The highest BCUT2D eigenvalue weighted by Gasteiger charge is 2.24. The number of hydrogen-bond acceptors (Lipinski definition) is 4. The number of carbonyl (C=O) groups is 1. The third-order valence-electron chi connectivity index (χ3n) is 3.41. The number of ether oxygens (including phenoxy) is 1. The second kappa shape index (κ2) is 5.38. The normalized spacial score (nSPS) is 12.3. The first-order valence-electron chi connectivity index (χ1n) is 6.49. The number of aromatic amines is 1. The molecular weight excluding hydrogens is 268 g/mol. The summed E-state index contributed by atoms with van der Waals surface area (Å²) >= 11 is 0. The zero-order chi connectivity index (χ0) is 14.8. The van der Waals surface area contributed by atoms with Gasteiger partial charge in [-0.15, -0.1) is 0 Å². The first kappa shape index (κ1) is 13.3. The molecule has 1 atom stereocenters. The first-order chi connectivity index (χ1) is 10.2. The van der Waals surface area contributed by atoms with E-state index in [1.807, 2.05) is 24.3 Å². The number of aliphatic hydroxyl groups excluding tert-OH is 1. The number of hydrogen-bond donors (Lipinski definition) is 2. The lowest BCUT2D eigenvalue weighted by molar-refractivity contribution is 0.0589. The van der Waals surface area contributed by atoms with E-state index in [4.69, 9.17) is 4.74 Å². The van der Waals surface area contributed by atoms with Gasteiger partial charge in [-0.2, -0.15) is 0 Å². The summed E-state index contributed by atoms with van der Waals surface area (Å²) in [5.41, 5.74) is 2.16. The summed E-state index contributed by atoms with van der Waals surface area (Å²) in [4.78, 5) is 19.0. The van der Waals surface area contributed by atoms with E-state index in [0.29, 0.717) is 11.1 Å². The molecule has 0 radical (unpaired) electrons. The number of nitrogens with one attached hydrogen (secondary N) is 1. The number of fused-ring (bicyclic) bond motifs is 1. The quantitative estimate of drug-likeness (QED) is 0.723. The van der Waals surface area contributed by atoms with Crippen molar-refractivity contribution < 1.29 is 14.6 Å². The Morgan fingerprint density at radius 2 is 2.10 bits per heavy atom. The molecule has 0 aliphatic carbocycles. The lowest BCUT2D eigenvalue weighted by atomic mass is 9.99. The number of para-hydroxylation sites is 1. The predicted molar refractivity (Wildman–Crippen MR) is 77.9 cm³/mol. The molecular formula is C16H14N2O3. The molecule has 0 fully saturated rings. The van der Waals surface area contributed by atoms with Gasteiger partial charge in [0.05, 0.1) is 7.11 Å². The molecule has 5 heteroatoms. The third-order valence-corrected chi connectivity index (χ3v) is 3.41. The van der Waals surface area contributed by atoms with Crippen LogP contribution in [0.1, 0.15) is 27.7 Å². The van der Waals surface area contributed by atoms with Gasteiger partial charge in [-0.1, -0.05) is 24.3 Å². The lowest BCUT2D eigenvalue weighted by Crippen LogP contribution is -2.09. The Morgan fingerprint density at radius 1 is 1.29 bits per heavy atom. The second-order valence-electron chi connectivity index (χ2n) is 4.64. The second-order valence-corrected chi connectivity index (χ2v) is 4.64. The molecule has 21 heavy (non-hydrogen) atoms. The van der Waals surface area contributed by atoms with Gasteiger partial charge in [0.2, 0.25) is 0 Å². The lowest BCUT2D eigenvalue weighted by Gasteiger charge is -2.11. The van der Waals surface area contributed by atoms with Crippen LogP contribution in [0.2, 0.25) is 0 Å². The van der Waals surface area contributed by atoms with E-state index in [1.54, 1.807) is 24.5 Å². The van der Waals surface area contributed by atoms with Crippen LogP contribution < -0.4 is 0 Å². The maximum Gasteiger partial charge on any atom is 0.354 e. The number of nitrogens with zero attached hydrogens (tertiary/aromatic N) is 1. The molecule has 0 amide bonds. The number of pyridine rings is 1. The number of H-pyrrole nitrogens is 1. The summed E-state index contributed by atoms with van der Waals surface area (Å²) in [5, 5.41) is 11.4. The van der Waals surface area contributed by atoms with Gasteiger partial charge in [-0.25, -0.2) is 4.79 Å². The fourth-order valence-electron chi connectivity index (χ4n) is 2.42. The zero-order valence-corrected chi connectivity index (χ0v) is 11.4. The SMILES string of the molecule is COC(=O)c1[nH]c2ccccc2c1C(O)c1cccnc1. The van der Waals surface area contributed by atoms with Gasteiger partial charge in [-0.3, -0.25) is 4.98 Å². The number of rotatable bonds is 3. The molecule has 0 bridgehead atoms. The molecule has 106 valence electrons. The van der Waals surface area contributed by atoms with E-state index in [9.17, 15) is 9.90 Å². The van der Waals surface area contributed by atoms with E-state index >= 15 is 0 Å². The molecule has 2 heterocycles. The Bertz CT molecular complexity index is 781. The predicted octanol–water partition coefficient (Wildman–Crippen LogP) is 2.43. The molecule has 5 nitrogen and oxygen atoms in total. The van der Waals surface area contributed by atoms with Crippen LogP contribution in [0.3, 0.4) is 0 Å². The van der Waals surface area contributed by atoms with Gasteiger partial charge < -0.3 is 14.8 Å². The molecule has 0 saturated carbocycles. The van der Waals surface area contributed by atoms with E-state index in [2.05, 4.69) is 9.97 Å². The Labute approximate surface area is 121 Å². The molecule has 0 saturated heterocycles. The monoisotopic (exact) mass is 282 g/mol. The average molecular weight is 282 g/mol. The van der Waals surface area contributed by atoms with Gasteiger partial charge in [0.15, 0.2) is 0 Å². The van der Waals surface area contributed by atoms with Gasteiger partial charge >= 0.3 is 5.97 Å². The van der Waals surface area contributed by atoms with Crippen LogP contribution in [0.4, 0.5) is 0 Å². The molecule has 3 rings (SSSR count). The number of aromatic nitrogens is 2. The molecule has 0 aliphatic rings. The van der Waals surface area contributed by atoms with Crippen molar-refractivity contribution in [2.45, 2.75) is 6.10 Å². The molecule has 3 aromatic rings. The van der Waals surface area contributed by atoms with Crippen molar-refractivity contribution in [1.82, 2.24) is 9.97 Å². The van der Waals surface area contributed by atoms with Crippen molar-refractivity contribution in [2.24, 2.45) is 0 Å². The van der Waals surface area contributed by atoms with Crippen LogP contribution in [-0.4, -0.2) is 28.2 Å². The van der Waals surface area contributed by atoms with Crippen molar-refractivity contribution in [1.29, 1.82) is 0 Å². The summed E-state index contributed by atoms with van der Waals surface area (Å²) in [6, 6.07) is 10.9. The first-order valence-corrected chi connectivity index (χ1v) is 6.49. The van der Waals surface area contributed by atoms with Crippen molar-refractivity contribution in [3.8, 4) is 0 Å². The van der Waals surface area contributed by atoms with E-state index < -0.39 is 12.1 Å². The standard InChI is InChI=1S/C16H14N2O3/c1-21-16(20)14-13(11-6-2-3-7-12(11)18-14)15(19)10-5-4-8-17-9-10/h2-9,15,18-19H,1H3. The molecule has 2 N–H and O–H groups in total. The number of esters is 1. The van der Waals surface area contributed by atoms with Crippen LogP contribution in [0, 0.1) is 0 Å². The number of carbonyl (C=O) groups excluding carboxylic acids is 1. The molecule has 1 unspecified atom stereocenters. The summed E-state index contributed by atoms with van der Waals surface area (Å²) in [7, 11) is 1.31. The Balaban J connectivity index is 2.22. The Hall–Kier alpha value is -2.66. The maximum atomic E-state index is 12.0. The number of methoxy groups -OCH3 is 1. The summed E-state index contributed by atoms with van der Waals surface area (Å²) in [5.74, 6) is -0.510. The van der Waals surface area contributed by atoms with Crippen molar-refractivity contribution in [3.05, 3.63) is 65.6 Å². The summed E-state index contributed by atoms with van der Waals surface area (Å²) in [6.07, 6.45) is 2.25. The summed E-state index contributed by atoms with van der Waals surface area (Å²) in [6.45, 7) is 0. The van der Waals surface area contributed by atoms with Gasteiger partial charge in [-0.05, 0) is 12.1 Å². The third kappa shape index (κ3) is 2.28. The van der Waals surface area contributed by atoms with E-state index in [-0.39, 0.29) is 5.69 Å². The van der Waals surface area contributed by atoms with E-state index in [1.165, 1.54) is 7.11 Å². The fourth-order valence-corrected chi connectivity index (χ4v) is 2.42. The molecule has 2 aromatic heterocycles. The van der Waals surface area contributed by atoms with E-state index in [0.717, 1.165) is 10.9 Å². The van der Waals surface area contributed by atoms with Crippen LogP contribution >= 0.6 is 0 Å². The minimum absolute atomic E-state index is 0.259. The number of benzene rings is 1. The van der Waals surface area contributed by atoms with Crippen LogP contribution in [0.15, 0.2) is 48.8 Å². The van der Waals surface area contributed by atoms with Crippen molar-refractivity contribution in [3.63, 3.8) is 0 Å². The largest absolute Gasteiger partial charge is 0.464 e. The van der Waals surface area contributed by atoms with Crippen molar-refractivity contribution >= 4 is 16.9 Å². The fraction of sp³-hybridized carbons (Fsp3) is 0.125. The minimum Gasteiger partial charge on any atom is -0.464 e. The van der Waals surface area contributed by atoms with Gasteiger partial charge in [0.25, 0.3) is 0 Å². The number of aliphatic hydroxyl groups is 1. The van der Waals surface area contributed by atoms with Gasteiger partial charge in [0, 0.05) is 34.4 Å². The van der Waals surface area contributed by atoms with Gasteiger partial charge in [0.1, 0.15) is 11.8 Å². The maximum absolute atomic E-state index is 12.0. The highest BCUT2D eigenvalue weighted by atomic mass is 16.5. The highest BCUT2D eigenvalue weighted by Crippen LogP contribution is 2.32. The summed E-state index contributed by atoms with van der Waals surface area (Å²) < 4.78 is 4.80. The van der Waals surface area contributed by atoms with Crippen LogP contribution in [-0.2, 0) is 4.74 Å². The van der Waals surface area contributed by atoms with Crippen molar-refractivity contribution in [2.75, 3.05) is 7.11 Å². The Morgan fingerprint density at radius 3 is 2.81 bits per heavy atom. The average Bonchev–Trinajstić information content (AvgIpc) is 2.93. The van der Waals surface area contributed by atoms with Crippen LogP contribution in [0.25, 0.3) is 10.9 Å². The minimum atomic E-state index is -0.955. The smallest absolute Gasteiger partial charge is 0.354 e. The molecule has 0 spiro atoms.